The van der Waals surface area contributed by atoms with E-state index in [0.717, 1.165) is 32.1 Å². The van der Waals surface area contributed by atoms with Crippen molar-refractivity contribution in [1.82, 2.24) is 10.2 Å². The number of urea groups is 1. The number of carboxylic acids is 1. The normalized spacial score (nSPS) is 20.2. The van der Waals surface area contributed by atoms with Crippen LogP contribution in [0.3, 0.4) is 0 Å². The van der Waals surface area contributed by atoms with Gasteiger partial charge in [-0.15, -0.1) is 6.58 Å². The minimum atomic E-state index is -0.779. The lowest BCUT2D eigenvalue weighted by molar-refractivity contribution is -0.141. The molecule has 106 valence electrons. The largest absolute Gasteiger partial charge is 0.481 e. The summed E-state index contributed by atoms with van der Waals surface area (Å²) in [6, 6.07) is 0.258. The van der Waals surface area contributed by atoms with Crippen molar-refractivity contribution >= 4 is 12.0 Å². The number of hydrogen-bond acceptors (Lipinski definition) is 2. The van der Waals surface area contributed by atoms with E-state index in [9.17, 15) is 9.59 Å². The van der Waals surface area contributed by atoms with Gasteiger partial charge in [-0.3, -0.25) is 4.79 Å². The Bertz CT molecular complexity index is 373. The smallest absolute Gasteiger partial charge is 0.317 e. The summed E-state index contributed by atoms with van der Waals surface area (Å²) in [5, 5.41) is 11.8. The van der Waals surface area contributed by atoms with Crippen LogP contribution in [0.5, 0.6) is 0 Å². The van der Waals surface area contributed by atoms with Crippen molar-refractivity contribution in [1.29, 1.82) is 0 Å². The van der Waals surface area contributed by atoms with Crippen molar-refractivity contribution in [3.05, 3.63) is 12.7 Å². The first-order valence-electron chi connectivity index (χ1n) is 6.93. The Morgan fingerprint density at radius 1 is 1.42 bits per heavy atom. The summed E-state index contributed by atoms with van der Waals surface area (Å²) in [6.45, 7) is 4.70. The van der Waals surface area contributed by atoms with E-state index >= 15 is 0 Å². The highest BCUT2D eigenvalue weighted by molar-refractivity contribution is 5.75. The van der Waals surface area contributed by atoms with Gasteiger partial charge in [0, 0.05) is 19.1 Å². The summed E-state index contributed by atoms with van der Waals surface area (Å²) in [6.07, 6.45) is 6.84. The van der Waals surface area contributed by atoms with E-state index in [-0.39, 0.29) is 17.9 Å². The maximum absolute atomic E-state index is 12.1. The monoisotopic (exact) mass is 266 g/mol. The summed E-state index contributed by atoms with van der Waals surface area (Å²) in [7, 11) is 0. The van der Waals surface area contributed by atoms with Gasteiger partial charge in [0.15, 0.2) is 0 Å². The average molecular weight is 266 g/mol. The highest BCUT2D eigenvalue weighted by atomic mass is 16.4. The Morgan fingerprint density at radius 2 is 2.11 bits per heavy atom. The first kappa shape index (κ1) is 13.9. The van der Waals surface area contributed by atoms with Crippen LogP contribution in [0.25, 0.3) is 0 Å². The number of rotatable bonds is 7. The molecular formula is C14H22N2O3. The van der Waals surface area contributed by atoms with Crippen molar-refractivity contribution < 1.29 is 14.7 Å². The molecule has 0 atom stereocenters. The molecule has 0 unspecified atom stereocenters. The number of amides is 2. The second-order valence-electron chi connectivity index (χ2n) is 5.75. The molecule has 0 bridgehead atoms. The molecule has 0 heterocycles. The van der Waals surface area contributed by atoms with Crippen LogP contribution in [0.1, 0.15) is 38.5 Å². The molecule has 2 fully saturated rings. The molecule has 19 heavy (non-hydrogen) atoms. The van der Waals surface area contributed by atoms with Crippen LogP contribution in [-0.4, -0.2) is 41.1 Å². The van der Waals surface area contributed by atoms with Gasteiger partial charge < -0.3 is 15.3 Å². The Kier molecular flexibility index (Phi) is 4.12. The topological polar surface area (TPSA) is 69.6 Å². The lowest BCUT2D eigenvalue weighted by Crippen LogP contribution is -2.48. The second kappa shape index (κ2) is 5.63. The van der Waals surface area contributed by atoms with Crippen LogP contribution in [0.2, 0.25) is 0 Å². The molecule has 2 aliphatic carbocycles. The van der Waals surface area contributed by atoms with Crippen LogP contribution in [0, 0.1) is 5.41 Å². The summed E-state index contributed by atoms with van der Waals surface area (Å²) >= 11 is 0. The van der Waals surface area contributed by atoms with Gasteiger partial charge in [0.2, 0.25) is 0 Å². The van der Waals surface area contributed by atoms with Gasteiger partial charge in [-0.25, -0.2) is 4.79 Å². The van der Waals surface area contributed by atoms with E-state index in [1.807, 2.05) is 0 Å². The minimum Gasteiger partial charge on any atom is -0.481 e. The van der Waals surface area contributed by atoms with Crippen LogP contribution in [0.4, 0.5) is 4.79 Å². The zero-order valence-corrected chi connectivity index (χ0v) is 11.2. The van der Waals surface area contributed by atoms with Gasteiger partial charge in [-0.2, -0.15) is 0 Å². The average Bonchev–Trinajstić information content (AvgIpc) is 3.12. The summed E-state index contributed by atoms with van der Waals surface area (Å²) < 4.78 is 0. The number of carboxylic acid groups (broad SMARTS) is 1. The van der Waals surface area contributed by atoms with Gasteiger partial charge in [0.25, 0.3) is 0 Å². The Balaban J connectivity index is 1.84. The summed E-state index contributed by atoms with van der Waals surface area (Å²) in [5.74, 6) is -0.779. The van der Waals surface area contributed by atoms with Crippen LogP contribution in [-0.2, 0) is 4.79 Å². The van der Waals surface area contributed by atoms with Crippen molar-refractivity contribution in [3.63, 3.8) is 0 Å². The van der Waals surface area contributed by atoms with Gasteiger partial charge in [0.05, 0.1) is 6.42 Å². The molecular weight excluding hydrogens is 244 g/mol. The van der Waals surface area contributed by atoms with E-state index in [2.05, 4.69) is 11.9 Å². The third kappa shape index (κ3) is 3.49. The van der Waals surface area contributed by atoms with Crippen LogP contribution < -0.4 is 5.32 Å². The highest BCUT2D eigenvalue weighted by Crippen LogP contribution is 2.43. The van der Waals surface area contributed by atoms with E-state index in [1.165, 1.54) is 0 Å². The third-order valence-electron chi connectivity index (χ3n) is 4.13. The first-order valence-corrected chi connectivity index (χ1v) is 6.93. The maximum Gasteiger partial charge on any atom is 0.317 e. The number of carbonyl (C=O) groups is 2. The quantitative estimate of drug-likeness (QED) is 0.692. The molecule has 0 saturated heterocycles. The molecule has 0 aliphatic heterocycles. The van der Waals surface area contributed by atoms with Gasteiger partial charge >= 0.3 is 12.0 Å². The van der Waals surface area contributed by atoms with E-state index in [4.69, 9.17) is 5.11 Å². The SMILES string of the molecule is C=CCN(C(=O)NCC1(CC(=O)O)CCC1)C1CC1. The number of aliphatic carboxylic acids is 1. The lowest BCUT2D eigenvalue weighted by atomic mass is 9.66. The number of nitrogens with one attached hydrogen (secondary N) is 1. The van der Waals surface area contributed by atoms with E-state index in [0.29, 0.717) is 19.1 Å². The fourth-order valence-electron chi connectivity index (χ4n) is 2.70. The Labute approximate surface area is 113 Å². The van der Waals surface area contributed by atoms with Crippen molar-refractivity contribution in [2.24, 2.45) is 5.41 Å². The molecule has 2 amide bonds. The van der Waals surface area contributed by atoms with Crippen molar-refractivity contribution in [2.45, 2.75) is 44.6 Å². The van der Waals surface area contributed by atoms with E-state index < -0.39 is 5.97 Å². The van der Waals surface area contributed by atoms with Gasteiger partial charge in [-0.1, -0.05) is 12.5 Å². The summed E-state index contributed by atoms with van der Waals surface area (Å²) in [4.78, 5) is 24.8. The van der Waals surface area contributed by atoms with Crippen molar-refractivity contribution in [2.75, 3.05) is 13.1 Å². The van der Waals surface area contributed by atoms with Crippen LogP contribution in [0.15, 0.2) is 12.7 Å². The predicted molar refractivity (Wildman–Crippen MR) is 71.9 cm³/mol. The molecule has 0 spiro atoms. The molecule has 0 aromatic rings. The molecule has 2 N–H and O–H groups in total. The minimum absolute atomic E-state index is 0.0842. The molecule has 5 heteroatoms. The van der Waals surface area contributed by atoms with Gasteiger partial charge in [0.1, 0.15) is 0 Å². The van der Waals surface area contributed by atoms with Crippen LogP contribution >= 0.6 is 0 Å². The number of carbonyl (C=O) groups excluding carboxylic acids is 1. The number of nitrogens with zero attached hydrogens (tertiary/aromatic N) is 1. The molecule has 2 rings (SSSR count). The number of hydrogen-bond donors (Lipinski definition) is 2. The standard InChI is InChI=1S/C14H22N2O3/c1-2-8-16(11-4-5-11)13(19)15-10-14(6-3-7-14)9-12(17)18/h2,11H,1,3-10H2,(H,15,19)(H,17,18). The third-order valence-corrected chi connectivity index (χ3v) is 4.13. The predicted octanol–water partition coefficient (Wildman–Crippen LogP) is 1.99. The fraction of sp³-hybridized carbons (Fsp3) is 0.714. The first-order chi connectivity index (χ1) is 9.06. The molecule has 0 aromatic carbocycles. The van der Waals surface area contributed by atoms with E-state index in [1.54, 1.807) is 11.0 Å². The van der Waals surface area contributed by atoms with Crippen molar-refractivity contribution in [3.8, 4) is 0 Å². The Morgan fingerprint density at radius 3 is 2.53 bits per heavy atom. The molecule has 0 radical (unpaired) electrons. The summed E-state index contributed by atoms with van der Waals surface area (Å²) in [5.41, 5.74) is -0.217. The van der Waals surface area contributed by atoms with Gasteiger partial charge in [-0.05, 0) is 31.1 Å². The Hall–Kier alpha value is -1.52. The maximum atomic E-state index is 12.1. The molecule has 5 nitrogen and oxygen atoms in total. The second-order valence-corrected chi connectivity index (χ2v) is 5.75. The zero-order valence-electron chi connectivity index (χ0n) is 11.2. The zero-order chi connectivity index (χ0) is 13.9. The molecule has 2 saturated carbocycles. The highest BCUT2D eigenvalue weighted by Gasteiger charge is 2.40. The fourth-order valence-corrected chi connectivity index (χ4v) is 2.70. The molecule has 0 aromatic heterocycles. The lowest BCUT2D eigenvalue weighted by Gasteiger charge is -2.41. The molecule has 2 aliphatic rings.